The summed E-state index contributed by atoms with van der Waals surface area (Å²) in [6.07, 6.45) is -8.00. The smallest absolute Gasteiger partial charge is 0.339 e. The van der Waals surface area contributed by atoms with E-state index in [1.54, 1.807) is 66.7 Å². The zero-order valence-corrected chi connectivity index (χ0v) is 28.5. The molecule has 4 aromatic rings. The molecule has 4 aromatic carbocycles. The summed E-state index contributed by atoms with van der Waals surface area (Å²) in [6, 6.07) is 30.1. The van der Waals surface area contributed by atoms with E-state index in [4.69, 9.17) is 28.4 Å². The molecule has 1 fully saturated rings. The lowest BCUT2D eigenvalue weighted by atomic mass is 9.93. The Balaban J connectivity index is 1.66. The third-order valence-electron chi connectivity index (χ3n) is 8.24. The van der Waals surface area contributed by atoms with Crippen LogP contribution in [0.2, 0.25) is 0 Å². The maximum absolute atomic E-state index is 13.7. The molecule has 5 rings (SSSR count). The number of hydrogen-bond acceptors (Lipinski definition) is 10. The molecule has 0 spiro atoms. The molecule has 1 aliphatic rings. The Bertz CT molecular complexity index is 1750. The molecule has 0 saturated carbocycles. The zero-order valence-electron chi connectivity index (χ0n) is 28.5. The van der Waals surface area contributed by atoms with E-state index >= 15 is 0 Å². The van der Waals surface area contributed by atoms with Gasteiger partial charge in [-0.2, -0.15) is 0 Å². The summed E-state index contributed by atoms with van der Waals surface area (Å²) in [5.41, 5.74) is 2.18. The van der Waals surface area contributed by atoms with Crippen LogP contribution < -0.4 is 4.74 Å². The first-order chi connectivity index (χ1) is 24.1. The molecule has 1 aliphatic heterocycles. The van der Waals surface area contributed by atoms with Gasteiger partial charge < -0.3 is 28.4 Å². The molecular formula is C40H40O10. The molecule has 5 atom stereocenters. The SMILES string of the molecule is COC(=O)[C@H]1O[C@@H](Oc2c(C(C)C)cccc2C(C)C)C(OC(=O)c2ccccc2)C(OC(=O)c2ccccc2)[C@@H]1OC(=O)c1ccccc1. The van der Waals surface area contributed by atoms with Crippen molar-refractivity contribution in [2.75, 3.05) is 7.11 Å². The van der Waals surface area contributed by atoms with Crippen LogP contribution in [0.3, 0.4) is 0 Å². The molecule has 1 heterocycles. The van der Waals surface area contributed by atoms with E-state index in [1.807, 2.05) is 45.9 Å². The van der Waals surface area contributed by atoms with Gasteiger partial charge in [0.15, 0.2) is 18.3 Å². The van der Waals surface area contributed by atoms with Crippen molar-refractivity contribution < 1.29 is 47.6 Å². The molecule has 2 unspecified atom stereocenters. The highest BCUT2D eigenvalue weighted by Gasteiger charge is 2.56. The molecule has 0 aromatic heterocycles. The van der Waals surface area contributed by atoms with Crippen LogP contribution >= 0.6 is 0 Å². The lowest BCUT2D eigenvalue weighted by molar-refractivity contribution is -0.270. The maximum Gasteiger partial charge on any atom is 0.339 e. The Morgan fingerprint density at radius 2 is 0.940 bits per heavy atom. The summed E-state index contributed by atoms with van der Waals surface area (Å²) in [4.78, 5) is 54.4. The van der Waals surface area contributed by atoms with Crippen LogP contribution in [0.25, 0.3) is 0 Å². The summed E-state index contributed by atoms with van der Waals surface area (Å²) in [7, 11) is 1.15. The first-order valence-electron chi connectivity index (χ1n) is 16.4. The van der Waals surface area contributed by atoms with E-state index in [9.17, 15) is 19.2 Å². The standard InChI is InChI=1S/C40H40O10/c1-24(2)29-22-15-23-30(25(3)4)31(29)49-40-35(48-38(43)28-20-13-8-14-21-28)33(47-37(42)27-18-11-7-12-19-27)32(34(50-40)39(44)45-5)46-36(41)26-16-9-6-10-17-26/h6-25,32-35,40H,1-5H3/t32-,33?,34-,35?,40+/m0/s1. The van der Waals surface area contributed by atoms with Crippen molar-refractivity contribution in [2.45, 2.75) is 70.2 Å². The maximum atomic E-state index is 13.7. The van der Waals surface area contributed by atoms with Crippen LogP contribution in [0.1, 0.15) is 81.7 Å². The van der Waals surface area contributed by atoms with Crippen LogP contribution in [-0.2, 0) is 28.5 Å². The van der Waals surface area contributed by atoms with Crippen molar-refractivity contribution >= 4 is 23.9 Å². The Hall–Kier alpha value is -5.48. The van der Waals surface area contributed by atoms with E-state index in [0.29, 0.717) is 5.75 Å². The molecule has 0 aliphatic carbocycles. The highest BCUT2D eigenvalue weighted by atomic mass is 16.7. The first kappa shape index (κ1) is 35.8. The second-order valence-electron chi connectivity index (χ2n) is 12.3. The molecule has 1 saturated heterocycles. The van der Waals surface area contributed by atoms with Crippen LogP contribution in [0.15, 0.2) is 109 Å². The fourth-order valence-corrected chi connectivity index (χ4v) is 5.63. The number of methoxy groups -OCH3 is 1. The highest BCUT2D eigenvalue weighted by molar-refractivity contribution is 5.91. The number of carbonyl (C=O) groups is 4. The second-order valence-corrected chi connectivity index (χ2v) is 12.3. The Labute approximate surface area is 291 Å². The molecule has 0 amide bonds. The summed E-state index contributed by atoms with van der Waals surface area (Å²) in [6.45, 7) is 8.01. The first-order valence-corrected chi connectivity index (χ1v) is 16.4. The van der Waals surface area contributed by atoms with Gasteiger partial charge in [-0.15, -0.1) is 0 Å². The van der Waals surface area contributed by atoms with Crippen molar-refractivity contribution in [3.8, 4) is 5.75 Å². The molecular weight excluding hydrogens is 640 g/mol. The summed E-state index contributed by atoms with van der Waals surface area (Å²) >= 11 is 0. The molecule has 10 heteroatoms. The van der Waals surface area contributed by atoms with Crippen LogP contribution in [0.4, 0.5) is 0 Å². The van der Waals surface area contributed by atoms with Crippen molar-refractivity contribution in [3.05, 3.63) is 137 Å². The van der Waals surface area contributed by atoms with Gasteiger partial charge in [-0.1, -0.05) is 100 Å². The lowest BCUT2D eigenvalue weighted by Crippen LogP contribution is -2.64. The topological polar surface area (TPSA) is 124 Å². The fraction of sp³-hybridized carbons (Fsp3) is 0.300. The normalized spacial score (nSPS) is 20.1. The van der Waals surface area contributed by atoms with Gasteiger partial charge >= 0.3 is 23.9 Å². The average Bonchev–Trinajstić information content (AvgIpc) is 3.14. The van der Waals surface area contributed by atoms with Crippen molar-refractivity contribution in [1.29, 1.82) is 0 Å². The molecule has 0 bridgehead atoms. The van der Waals surface area contributed by atoms with Gasteiger partial charge in [0.1, 0.15) is 5.75 Å². The fourth-order valence-electron chi connectivity index (χ4n) is 5.63. The minimum atomic E-state index is -1.66. The molecule has 0 N–H and O–H groups in total. The summed E-state index contributed by atoms with van der Waals surface area (Å²) < 4.78 is 36.1. The monoisotopic (exact) mass is 680 g/mol. The highest BCUT2D eigenvalue weighted by Crippen LogP contribution is 2.39. The van der Waals surface area contributed by atoms with Gasteiger partial charge in [0, 0.05) is 0 Å². The Morgan fingerprint density at radius 1 is 0.540 bits per heavy atom. The van der Waals surface area contributed by atoms with Gasteiger partial charge in [-0.25, -0.2) is 19.2 Å². The molecule has 10 nitrogen and oxygen atoms in total. The quantitative estimate of drug-likeness (QED) is 0.122. The van der Waals surface area contributed by atoms with Crippen molar-refractivity contribution in [1.82, 2.24) is 0 Å². The van der Waals surface area contributed by atoms with Gasteiger partial charge in [-0.3, -0.25) is 0 Å². The van der Waals surface area contributed by atoms with E-state index in [0.717, 1.165) is 18.2 Å². The zero-order chi connectivity index (χ0) is 35.8. The number of hydrogen-bond donors (Lipinski definition) is 0. The summed E-state index contributed by atoms with van der Waals surface area (Å²) in [5, 5.41) is 0. The second kappa shape index (κ2) is 16.3. The third kappa shape index (κ3) is 8.20. The number of ether oxygens (including phenoxy) is 6. The van der Waals surface area contributed by atoms with Crippen molar-refractivity contribution in [3.63, 3.8) is 0 Å². The lowest BCUT2D eigenvalue weighted by Gasteiger charge is -2.43. The van der Waals surface area contributed by atoms with Gasteiger partial charge in [0.05, 0.1) is 23.8 Å². The van der Waals surface area contributed by atoms with Crippen LogP contribution in [0.5, 0.6) is 5.75 Å². The molecule has 50 heavy (non-hydrogen) atoms. The molecule has 260 valence electrons. The minimum Gasteiger partial charge on any atom is -0.467 e. The van der Waals surface area contributed by atoms with Gasteiger partial charge in [0.25, 0.3) is 0 Å². The molecule has 0 radical (unpaired) electrons. The van der Waals surface area contributed by atoms with E-state index in [2.05, 4.69) is 0 Å². The third-order valence-corrected chi connectivity index (χ3v) is 8.24. The minimum absolute atomic E-state index is 0.000273. The van der Waals surface area contributed by atoms with Crippen molar-refractivity contribution in [2.24, 2.45) is 0 Å². The Kier molecular flexibility index (Phi) is 11.7. The van der Waals surface area contributed by atoms with E-state index in [1.165, 1.54) is 24.3 Å². The summed E-state index contributed by atoms with van der Waals surface area (Å²) in [5.74, 6) is -2.93. The number of esters is 4. The largest absolute Gasteiger partial charge is 0.467 e. The van der Waals surface area contributed by atoms with E-state index in [-0.39, 0.29) is 28.5 Å². The predicted molar refractivity (Wildman–Crippen MR) is 183 cm³/mol. The number of para-hydroxylation sites is 1. The van der Waals surface area contributed by atoms with Gasteiger partial charge in [0.2, 0.25) is 12.4 Å². The van der Waals surface area contributed by atoms with Crippen LogP contribution in [-0.4, -0.2) is 61.7 Å². The number of carbonyl (C=O) groups excluding carboxylic acids is 4. The van der Waals surface area contributed by atoms with Gasteiger partial charge in [-0.05, 0) is 59.4 Å². The average molecular weight is 681 g/mol. The number of benzene rings is 4. The number of rotatable bonds is 11. The van der Waals surface area contributed by atoms with Crippen LogP contribution in [0, 0.1) is 0 Å². The Morgan fingerprint density at radius 3 is 1.34 bits per heavy atom. The van der Waals surface area contributed by atoms with E-state index < -0.39 is 54.6 Å². The predicted octanol–water partition coefficient (Wildman–Crippen LogP) is 6.89.